The zero-order valence-electron chi connectivity index (χ0n) is 11.3. The average Bonchev–Trinajstić information content (AvgIpc) is 3.00. The van der Waals surface area contributed by atoms with Gasteiger partial charge in [0.2, 0.25) is 0 Å². The van der Waals surface area contributed by atoms with Gasteiger partial charge in [-0.25, -0.2) is 4.98 Å². The molecule has 2 fully saturated rings. The monoisotopic (exact) mass is 248 g/mol. The Morgan fingerprint density at radius 3 is 3.11 bits per heavy atom. The molecule has 1 aromatic rings. The Hall–Kier alpha value is -0.870. The molecular formula is C14H24N4. The van der Waals surface area contributed by atoms with Gasteiger partial charge < -0.3 is 14.8 Å². The molecule has 0 amide bonds. The Morgan fingerprint density at radius 2 is 2.39 bits per heavy atom. The summed E-state index contributed by atoms with van der Waals surface area (Å²) in [5.41, 5.74) is 1.44. The molecule has 2 aliphatic rings. The SMILES string of the molecule is CN1CCC(Cn2cncc2C2CCCNC2)C1. The van der Waals surface area contributed by atoms with Gasteiger partial charge in [-0.2, -0.15) is 0 Å². The van der Waals surface area contributed by atoms with Gasteiger partial charge in [0.15, 0.2) is 0 Å². The van der Waals surface area contributed by atoms with Crippen molar-refractivity contribution in [1.29, 1.82) is 0 Å². The third-order valence-corrected chi connectivity index (χ3v) is 4.40. The first-order chi connectivity index (χ1) is 8.83. The van der Waals surface area contributed by atoms with Crippen LogP contribution < -0.4 is 5.32 Å². The summed E-state index contributed by atoms with van der Waals surface area (Å²) >= 11 is 0. The number of likely N-dealkylation sites (tertiary alicyclic amines) is 1. The van der Waals surface area contributed by atoms with Crippen molar-refractivity contribution < 1.29 is 0 Å². The van der Waals surface area contributed by atoms with Crippen LogP contribution in [0, 0.1) is 5.92 Å². The molecule has 2 saturated heterocycles. The molecule has 2 atom stereocenters. The molecule has 0 spiro atoms. The van der Waals surface area contributed by atoms with Gasteiger partial charge >= 0.3 is 0 Å². The lowest BCUT2D eigenvalue weighted by atomic mass is 9.96. The van der Waals surface area contributed by atoms with E-state index in [-0.39, 0.29) is 0 Å². The van der Waals surface area contributed by atoms with Crippen LogP contribution in [0.1, 0.15) is 30.9 Å². The molecule has 2 unspecified atom stereocenters. The Labute approximate surface area is 109 Å². The Kier molecular flexibility index (Phi) is 3.66. The smallest absolute Gasteiger partial charge is 0.0948 e. The van der Waals surface area contributed by atoms with Gasteiger partial charge in [0.1, 0.15) is 0 Å². The quantitative estimate of drug-likeness (QED) is 0.875. The van der Waals surface area contributed by atoms with Crippen molar-refractivity contribution in [3.8, 4) is 0 Å². The molecule has 3 rings (SSSR count). The van der Waals surface area contributed by atoms with Crippen molar-refractivity contribution in [2.45, 2.75) is 31.7 Å². The van der Waals surface area contributed by atoms with E-state index in [1.165, 1.54) is 44.6 Å². The highest BCUT2D eigenvalue weighted by molar-refractivity contribution is 5.08. The van der Waals surface area contributed by atoms with E-state index < -0.39 is 0 Å². The number of piperidine rings is 1. The summed E-state index contributed by atoms with van der Waals surface area (Å²) in [7, 11) is 2.22. The third kappa shape index (κ3) is 2.59. The van der Waals surface area contributed by atoms with Crippen LogP contribution in [0.25, 0.3) is 0 Å². The highest BCUT2D eigenvalue weighted by Crippen LogP contribution is 2.25. The second-order valence-electron chi connectivity index (χ2n) is 5.93. The van der Waals surface area contributed by atoms with Crippen LogP contribution in [0.4, 0.5) is 0 Å². The van der Waals surface area contributed by atoms with Gasteiger partial charge in [0, 0.05) is 37.4 Å². The van der Waals surface area contributed by atoms with Crippen molar-refractivity contribution in [2.24, 2.45) is 5.92 Å². The van der Waals surface area contributed by atoms with E-state index in [0.717, 1.165) is 19.0 Å². The molecule has 4 heteroatoms. The van der Waals surface area contributed by atoms with E-state index in [2.05, 4.69) is 33.0 Å². The van der Waals surface area contributed by atoms with Crippen LogP contribution in [0.3, 0.4) is 0 Å². The molecule has 0 bridgehead atoms. The maximum atomic E-state index is 4.38. The lowest BCUT2D eigenvalue weighted by Gasteiger charge is -2.24. The van der Waals surface area contributed by atoms with Crippen molar-refractivity contribution in [3.05, 3.63) is 18.2 Å². The summed E-state index contributed by atoms with van der Waals surface area (Å²) in [6.45, 7) is 5.94. The first-order valence-corrected chi connectivity index (χ1v) is 7.22. The molecule has 0 aromatic carbocycles. The van der Waals surface area contributed by atoms with Crippen molar-refractivity contribution >= 4 is 0 Å². The van der Waals surface area contributed by atoms with Crippen molar-refractivity contribution in [2.75, 3.05) is 33.2 Å². The molecule has 18 heavy (non-hydrogen) atoms. The van der Waals surface area contributed by atoms with Gasteiger partial charge in [-0.05, 0) is 45.3 Å². The number of aromatic nitrogens is 2. The second-order valence-corrected chi connectivity index (χ2v) is 5.93. The Morgan fingerprint density at radius 1 is 1.44 bits per heavy atom. The fourth-order valence-electron chi connectivity index (χ4n) is 3.38. The minimum atomic E-state index is 0.667. The minimum absolute atomic E-state index is 0.667. The maximum absolute atomic E-state index is 4.38. The minimum Gasteiger partial charge on any atom is -0.334 e. The lowest BCUT2D eigenvalue weighted by Crippen LogP contribution is -2.30. The molecule has 100 valence electrons. The van der Waals surface area contributed by atoms with Crippen LogP contribution in [0.5, 0.6) is 0 Å². The van der Waals surface area contributed by atoms with E-state index in [0.29, 0.717) is 5.92 Å². The number of imidazole rings is 1. The zero-order valence-corrected chi connectivity index (χ0v) is 11.3. The fourth-order valence-corrected chi connectivity index (χ4v) is 3.38. The summed E-state index contributed by atoms with van der Waals surface area (Å²) in [6.07, 6.45) is 8.04. The highest BCUT2D eigenvalue weighted by atomic mass is 15.1. The standard InChI is InChI=1S/C14H24N4/c1-17-6-4-12(9-17)10-18-11-16-8-14(18)13-3-2-5-15-7-13/h8,11-13,15H,2-7,9-10H2,1H3. The molecule has 1 aromatic heterocycles. The summed E-state index contributed by atoms with van der Waals surface area (Å²) in [5.74, 6) is 1.47. The van der Waals surface area contributed by atoms with Crippen LogP contribution in [0.15, 0.2) is 12.5 Å². The van der Waals surface area contributed by atoms with E-state index in [1.54, 1.807) is 0 Å². The van der Waals surface area contributed by atoms with Crippen molar-refractivity contribution in [1.82, 2.24) is 19.8 Å². The van der Waals surface area contributed by atoms with Gasteiger partial charge in [0.25, 0.3) is 0 Å². The number of hydrogen-bond acceptors (Lipinski definition) is 3. The first-order valence-electron chi connectivity index (χ1n) is 7.22. The van der Waals surface area contributed by atoms with Crippen LogP contribution >= 0.6 is 0 Å². The topological polar surface area (TPSA) is 33.1 Å². The van der Waals surface area contributed by atoms with Gasteiger partial charge in [0.05, 0.1) is 6.33 Å². The molecule has 0 radical (unpaired) electrons. The highest BCUT2D eigenvalue weighted by Gasteiger charge is 2.23. The predicted molar refractivity (Wildman–Crippen MR) is 72.7 cm³/mol. The summed E-state index contributed by atoms with van der Waals surface area (Å²) in [6, 6.07) is 0. The van der Waals surface area contributed by atoms with Gasteiger partial charge in [-0.15, -0.1) is 0 Å². The summed E-state index contributed by atoms with van der Waals surface area (Å²) in [5, 5.41) is 3.50. The fraction of sp³-hybridized carbons (Fsp3) is 0.786. The van der Waals surface area contributed by atoms with Crippen LogP contribution in [0.2, 0.25) is 0 Å². The second kappa shape index (κ2) is 5.41. The normalized spacial score (nSPS) is 29.8. The molecule has 4 nitrogen and oxygen atoms in total. The first kappa shape index (κ1) is 12.2. The summed E-state index contributed by atoms with van der Waals surface area (Å²) < 4.78 is 2.40. The number of rotatable bonds is 3. The third-order valence-electron chi connectivity index (χ3n) is 4.40. The molecule has 0 saturated carbocycles. The average molecular weight is 248 g/mol. The molecule has 1 N–H and O–H groups in total. The van der Waals surface area contributed by atoms with E-state index >= 15 is 0 Å². The molecular weight excluding hydrogens is 224 g/mol. The Bertz CT molecular complexity index is 381. The lowest BCUT2D eigenvalue weighted by molar-refractivity contribution is 0.369. The predicted octanol–water partition coefficient (Wildman–Crippen LogP) is 1.30. The molecule has 3 heterocycles. The van der Waals surface area contributed by atoms with Crippen LogP contribution in [-0.2, 0) is 6.54 Å². The van der Waals surface area contributed by atoms with Gasteiger partial charge in [-0.3, -0.25) is 0 Å². The van der Waals surface area contributed by atoms with E-state index in [9.17, 15) is 0 Å². The Balaban J connectivity index is 1.67. The zero-order chi connectivity index (χ0) is 12.4. The molecule has 2 aliphatic heterocycles. The maximum Gasteiger partial charge on any atom is 0.0948 e. The number of hydrogen-bond donors (Lipinski definition) is 1. The summed E-state index contributed by atoms with van der Waals surface area (Å²) in [4.78, 5) is 6.81. The van der Waals surface area contributed by atoms with Crippen LogP contribution in [-0.4, -0.2) is 47.7 Å². The molecule has 0 aliphatic carbocycles. The van der Waals surface area contributed by atoms with Gasteiger partial charge in [-0.1, -0.05) is 0 Å². The van der Waals surface area contributed by atoms with E-state index in [4.69, 9.17) is 0 Å². The number of nitrogens with one attached hydrogen (secondary N) is 1. The largest absolute Gasteiger partial charge is 0.334 e. The van der Waals surface area contributed by atoms with Crippen molar-refractivity contribution in [3.63, 3.8) is 0 Å². The number of nitrogens with zero attached hydrogens (tertiary/aromatic N) is 3. The van der Waals surface area contributed by atoms with E-state index in [1.807, 2.05) is 6.33 Å².